The molecule has 0 radical (unpaired) electrons. The predicted octanol–water partition coefficient (Wildman–Crippen LogP) is 2.99. The molecule has 0 aliphatic carbocycles. The van der Waals surface area contributed by atoms with Crippen LogP contribution in [0.15, 0.2) is 6.07 Å². The van der Waals surface area contributed by atoms with Crippen LogP contribution in [0.2, 0.25) is 5.02 Å². The average Bonchev–Trinajstić information content (AvgIpc) is 2.21. The molecule has 3 nitrogen and oxygen atoms in total. The lowest BCUT2D eigenvalue weighted by molar-refractivity contribution is -0.139. The van der Waals surface area contributed by atoms with E-state index in [2.05, 4.69) is 9.72 Å². The maximum absolute atomic E-state index is 12.5. The molecule has 0 fully saturated rings. The summed E-state index contributed by atoms with van der Waals surface area (Å²) in [5, 5.41) is -0.104. The smallest absolute Gasteiger partial charge is 0.311 e. The second kappa shape index (κ2) is 5.72. The number of ether oxygens (including phenoxy) is 1. The van der Waals surface area contributed by atoms with Crippen LogP contribution in [0.25, 0.3) is 0 Å². The lowest BCUT2D eigenvalue weighted by atomic mass is 10.2. The fourth-order valence-corrected chi connectivity index (χ4v) is 2.05. The molecule has 88 valence electrons. The Morgan fingerprint density at radius 2 is 2.31 bits per heavy atom. The number of nitrogens with zero attached hydrogens (tertiary/aromatic N) is 1. The van der Waals surface area contributed by atoms with Gasteiger partial charge in [0.15, 0.2) is 0 Å². The summed E-state index contributed by atoms with van der Waals surface area (Å²) < 4.78 is 30.0. The third kappa shape index (κ3) is 3.24. The highest BCUT2D eigenvalue weighted by Gasteiger charge is 2.18. The highest BCUT2D eigenvalue weighted by molar-refractivity contribution is 14.1. The molecule has 1 aromatic rings. The van der Waals surface area contributed by atoms with Gasteiger partial charge in [-0.2, -0.15) is 0 Å². The van der Waals surface area contributed by atoms with Crippen LogP contribution in [0, 0.1) is 3.57 Å². The second-order valence-corrected chi connectivity index (χ2v) is 4.41. The van der Waals surface area contributed by atoms with E-state index in [1.807, 2.05) is 22.6 Å². The van der Waals surface area contributed by atoms with Crippen molar-refractivity contribution in [2.75, 3.05) is 7.11 Å². The molecule has 0 N–H and O–H groups in total. The molecule has 0 spiro atoms. The molecule has 7 heteroatoms. The van der Waals surface area contributed by atoms with Gasteiger partial charge in [0.1, 0.15) is 5.69 Å². The van der Waals surface area contributed by atoms with Crippen molar-refractivity contribution in [1.29, 1.82) is 0 Å². The lowest BCUT2D eigenvalue weighted by Crippen LogP contribution is -2.09. The van der Waals surface area contributed by atoms with Gasteiger partial charge < -0.3 is 4.74 Å². The summed E-state index contributed by atoms with van der Waals surface area (Å²) >= 11 is 7.48. The van der Waals surface area contributed by atoms with Crippen molar-refractivity contribution in [3.05, 3.63) is 26.0 Å². The summed E-state index contributed by atoms with van der Waals surface area (Å²) in [6, 6.07) is 1.36. The van der Waals surface area contributed by atoms with Gasteiger partial charge in [-0.3, -0.25) is 4.79 Å². The van der Waals surface area contributed by atoms with Gasteiger partial charge in [-0.15, -0.1) is 0 Å². The summed E-state index contributed by atoms with van der Waals surface area (Å²) in [6.07, 6.45) is -2.91. The van der Waals surface area contributed by atoms with E-state index in [0.29, 0.717) is 3.57 Å². The van der Waals surface area contributed by atoms with Crippen LogP contribution in [0.4, 0.5) is 8.78 Å². The minimum absolute atomic E-state index is 0.104. The number of pyridine rings is 1. The summed E-state index contributed by atoms with van der Waals surface area (Å²) in [5.74, 6) is -0.534. The number of alkyl halides is 2. The normalized spacial score (nSPS) is 10.6. The third-order valence-corrected chi connectivity index (χ3v) is 3.01. The summed E-state index contributed by atoms with van der Waals surface area (Å²) in [4.78, 5) is 14.7. The van der Waals surface area contributed by atoms with Crippen LogP contribution >= 0.6 is 34.2 Å². The fourth-order valence-electron chi connectivity index (χ4n) is 1.01. The quantitative estimate of drug-likeness (QED) is 0.614. The highest BCUT2D eigenvalue weighted by atomic mass is 127. The van der Waals surface area contributed by atoms with E-state index in [0.717, 1.165) is 0 Å². The first kappa shape index (κ1) is 13.6. The van der Waals surface area contributed by atoms with Crippen LogP contribution in [0.5, 0.6) is 0 Å². The summed E-state index contributed by atoms with van der Waals surface area (Å²) in [5.41, 5.74) is -0.270. The molecule has 0 aliphatic heterocycles. The third-order valence-electron chi connectivity index (χ3n) is 1.78. The van der Waals surface area contributed by atoms with Crippen LogP contribution in [0.3, 0.4) is 0 Å². The first-order valence-electron chi connectivity index (χ1n) is 4.15. The monoisotopic (exact) mass is 361 g/mol. The zero-order valence-electron chi connectivity index (χ0n) is 8.14. The Morgan fingerprint density at radius 1 is 1.69 bits per heavy atom. The van der Waals surface area contributed by atoms with Crippen molar-refractivity contribution in [3.8, 4) is 0 Å². The second-order valence-electron chi connectivity index (χ2n) is 2.84. The molecule has 1 rings (SSSR count). The number of hydrogen-bond acceptors (Lipinski definition) is 3. The van der Waals surface area contributed by atoms with Crippen LogP contribution in [0.1, 0.15) is 17.8 Å². The number of carbonyl (C=O) groups is 1. The van der Waals surface area contributed by atoms with Gasteiger partial charge >= 0.3 is 5.97 Å². The van der Waals surface area contributed by atoms with Gasteiger partial charge in [0.05, 0.1) is 24.2 Å². The lowest BCUT2D eigenvalue weighted by Gasteiger charge is -2.07. The van der Waals surface area contributed by atoms with Crippen molar-refractivity contribution in [2.24, 2.45) is 0 Å². The standard InChI is InChI=1S/C9H7ClF2INO2/c1-16-7(15)3-6-5(13)2-4(10)8(14-6)9(11)12/h2,9H,3H2,1H3. The van der Waals surface area contributed by atoms with E-state index >= 15 is 0 Å². The minimum atomic E-state index is -2.76. The first-order chi connectivity index (χ1) is 7.45. The Bertz CT molecular complexity index is 415. The molecule has 1 heterocycles. The van der Waals surface area contributed by atoms with Crippen molar-refractivity contribution in [3.63, 3.8) is 0 Å². The van der Waals surface area contributed by atoms with Gasteiger partial charge in [-0.1, -0.05) is 11.6 Å². The Morgan fingerprint density at radius 3 is 2.81 bits per heavy atom. The van der Waals surface area contributed by atoms with Gasteiger partial charge in [-0.25, -0.2) is 13.8 Å². The predicted molar refractivity (Wildman–Crippen MR) is 62.6 cm³/mol. The number of hydrogen-bond donors (Lipinski definition) is 0. The molecular weight excluding hydrogens is 354 g/mol. The van der Waals surface area contributed by atoms with Crippen molar-refractivity contribution >= 4 is 40.2 Å². The number of halogens is 4. The topological polar surface area (TPSA) is 39.2 Å². The fraction of sp³-hybridized carbons (Fsp3) is 0.333. The maximum atomic E-state index is 12.5. The Balaban J connectivity index is 3.09. The zero-order valence-corrected chi connectivity index (χ0v) is 11.1. The highest BCUT2D eigenvalue weighted by Crippen LogP contribution is 2.27. The van der Waals surface area contributed by atoms with Gasteiger partial charge in [0.2, 0.25) is 0 Å². The van der Waals surface area contributed by atoms with E-state index in [-0.39, 0.29) is 17.1 Å². The maximum Gasteiger partial charge on any atom is 0.311 e. The SMILES string of the molecule is COC(=O)Cc1nc(C(F)F)c(Cl)cc1I. The number of aromatic nitrogens is 1. The van der Waals surface area contributed by atoms with E-state index < -0.39 is 18.1 Å². The molecule has 0 aliphatic rings. The van der Waals surface area contributed by atoms with Crippen molar-refractivity contribution in [2.45, 2.75) is 12.8 Å². The molecule has 0 aromatic carbocycles. The van der Waals surface area contributed by atoms with E-state index in [4.69, 9.17) is 11.6 Å². The number of esters is 1. The molecule has 1 aromatic heterocycles. The molecule has 0 amide bonds. The van der Waals surface area contributed by atoms with Crippen LogP contribution in [-0.4, -0.2) is 18.1 Å². The van der Waals surface area contributed by atoms with E-state index in [1.54, 1.807) is 0 Å². The molecule has 0 saturated heterocycles. The Kier molecular flexibility index (Phi) is 4.85. The average molecular weight is 362 g/mol. The van der Waals surface area contributed by atoms with Crippen LogP contribution < -0.4 is 0 Å². The van der Waals surface area contributed by atoms with Gasteiger partial charge in [0.25, 0.3) is 6.43 Å². The Labute approximate surface area is 109 Å². The molecule has 16 heavy (non-hydrogen) atoms. The van der Waals surface area contributed by atoms with Crippen molar-refractivity contribution < 1.29 is 18.3 Å². The zero-order chi connectivity index (χ0) is 12.3. The van der Waals surface area contributed by atoms with E-state index in [9.17, 15) is 13.6 Å². The van der Waals surface area contributed by atoms with Gasteiger partial charge in [0, 0.05) is 3.57 Å². The van der Waals surface area contributed by atoms with Crippen LogP contribution in [-0.2, 0) is 16.0 Å². The number of rotatable bonds is 3. The molecular formula is C9H7ClF2INO2. The van der Waals surface area contributed by atoms with Crippen molar-refractivity contribution in [1.82, 2.24) is 4.98 Å². The number of methoxy groups -OCH3 is 1. The molecule has 0 unspecified atom stereocenters. The first-order valence-corrected chi connectivity index (χ1v) is 5.61. The minimum Gasteiger partial charge on any atom is -0.469 e. The molecule has 0 atom stereocenters. The number of carbonyl (C=O) groups excluding carboxylic acids is 1. The summed E-state index contributed by atoms with van der Waals surface area (Å²) in [7, 11) is 1.22. The van der Waals surface area contributed by atoms with Gasteiger partial charge in [-0.05, 0) is 28.7 Å². The Hall–Kier alpha value is -0.500. The largest absolute Gasteiger partial charge is 0.469 e. The summed E-state index contributed by atoms with van der Waals surface area (Å²) in [6.45, 7) is 0. The molecule has 0 saturated carbocycles. The van der Waals surface area contributed by atoms with E-state index in [1.165, 1.54) is 13.2 Å². The molecule has 0 bridgehead atoms.